The molecule has 0 spiro atoms. The first-order chi connectivity index (χ1) is 8.61. The zero-order valence-electron chi connectivity index (χ0n) is 10.4. The smallest absolute Gasteiger partial charge is 0.191 e. The van der Waals surface area contributed by atoms with E-state index in [1.54, 1.807) is 25.2 Å². The molecule has 96 valence electrons. The van der Waals surface area contributed by atoms with Crippen LogP contribution in [0.3, 0.4) is 0 Å². The van der Waals surface area contributed by atoms with Crippen molar-refractivity contribution < 1.29 is 4.74 Å². The average molecular weight is 284 g/mol. The fourth-order valence-corrected chi connectivity index (χ4v) is 2.71. The summed E-state index contributed by atoms with van der Waals surface area (Å²) in [4.78, 5) is 0. The molecule has 0 aliphatic rings. The van der Waals surface area contributed by atoms with Gasteiger partial charge in [-0.05, 0) is 24.6 Å². The molecule has 18 heavy (non-hydrogen) atoms. The summed E-state index contributed by atoms with van der Waals surface area (Å²) in [7, 11) is 3.54. The highest BCUT2D eigenvalue weighted by Gasteiger charge is 2.12. The molecular weight excluding hydrogens is 270 g/mol. The van der Waals surface area contributed by atoms with Crippen molar-refractivity contribution in [3.63, 3.8) is 0 Å². The van der Waals surface area contributed by atoms with Crippen LogP contribution in [0.2, 0.25) is 5.02 Å². The molecule has 1 heterocycles. The summed E-state index contributed by atoms with van der Waals surface area (Å²) < 4.78 is 7.03. The van der Waals surface area contributed by atoms with E-state index in [1.165, 1.54) is 0 Å². The van der Waals surface area contributed by atoms with Gasteiger partial charge < -0.3 is 9.30 Å². The summed E-state index contributed by atoms with van der Waals surface area (Å²) in [6.45, 7) is 2.11. The molecule has 0 aliphatic carbocycles. The molecule has 0 radical (unpaired) electrons. The minimum atomic E-state index is 0.247. The molecule has 1 aromatic carbocycles. The molecule has 0 saturated carbocycles. The molecule has 2 rings (SSSR count). The van der Waals surface area contributed by atoms with Crippen LogP contribution in [-0.4, -0.2) is 21.9 Å². The topological polar surface area (TPSA) is 39.9 Å². The van der Waals surface area contributed by atoms with Gasteiger partial charge >= 0.3 is 0 Å². The zero-order valence-corrected chi connectivity index (χ0v) is 12.0. The van der Waals surface area contributed by atoms with Crippen molar-refractivity contribution in [2.24, 2.45) is 7.05 Å². The molecule has 0 fully saturated rings. The Morgan fingerprint density at radius 1 is 1.44 bits per heavy atom. The third-order valence-corrected chi connectivity index (χ3v) is 4.10. The maximum atomic E-state index is 6.12. The Morgan fingerprint density at radius 3 is 2.78 bits per heavy atom. The molecule has 4 nitrogen and oxygen atoms in total. The van der Waals surface area contributed by atoms with Gasteiger partial charge in [-0.25, -0.2) is 0 Å². The summed E-state index contributed by atoms with van der Waals surface area (Å²) >= 11 is 7.76. The number of thioether (sulfide) groups is 1. The third-order valence-electron chi connectivity index (χ3n) is 2.60. The first kappa shape index (κ1) is 13.2. The highest BCUT2D eigenvalue weighted by atomic mass is 35.5. The Labute approximate surface area is 115 Å². The molecule has 0 bridgehead atoms. The highest BCUT2D eigenvalue weighted by Crippen LogP contribution is 2.36. The van der Waals surface area contributed by atoms with Crippen molar-refractivity contribution in [1.82, 2.24) is 14.8 Å². The Kier molecular flexibility index (Phi) is 4.14. The molecule has 0 saturated heterocycles. The lowest BCUT2D eigenvalue weighted by Crippen LogP contribution is -1.94. The molecule has 6 heteroatoms. The summed E-state index contributed by atoms with van der Waals surface area (Å²) in [6.07, 6.45) is 1.69. The maximum absolute atomic E-state index is 6.12. The van der Waals surface area contributed by atoms with Gasteiger partial charge in [0.2, 0.25) is 0 Å². The van der Waals surface area contributed by atoms with Gasteiger partial charge in [-0.3, -0.25) is 0 Å². The van der Waals surface area contributed by atoms with Crippen LogP contribution in [0.15, 0.2) is 29.7 Å². The van der Waals surface area contributed by atoms with Gasteiger partial charge in [-0.1, -0.05) is 29.4 Å². The number of aryl methyl sites for hydroxylation is 1. The quantitative estimate of drug-likeness (QED) is 0.807. The van der Waals surface area contributed by atoms with E-state index >= 15 is 0 Å². The van der Waals surface area contributed by atoms with E-state index in [-0.39, 0.29) is 5.25 Å². The van der Waals surface area contributed by atoms with Crippen LogP contribution >= 0.6 is 23.4 Å². The Balaban J connectivity index is 2.16. The predicted octanol–water partition coefficient (Wildman–Crippen LogP) is 3.33. The lowest BCUT2D eigenvalue weighted by atomic mass is 10.1. The second kappa shape index (κ2) is 5.63. The van der Waals surface area contributed by atoms with Gasteiger partial charge in [0.15, 0.2) is 5.16 Å². The lowest BCUT2D eigenvalue weighted by Gasteiger charge is -2.12. The molecule has 0 unspecified atom stereocenters. The zero-order chi connectivity index (χ0) is 13.1. The number of nitrogens with zero attached hydrogens (tertiary/aromatic N) is 3. The van der Waals surface area contributed by atoms with Crippen molar-refractivity contribution in [2.45, 2.75) is 17.3 Å². The third kappa shape index (κ3) is 2.79. The van der Waals surface area contributed by atoms with Crippen LogP contribution < -0.4 is 4.74 Å². The lowest BCUT2D eigenvalue weighted by molar-refractivity contribution is 0.415. The highest BCUT2D eigenvalue weighted by molar-refractivity contribution is 7.99. The number of methoxy groups -OCH3 is 1. The average Bonchev–Trinajstić information content (AvgIpc) is 2.75. The van der Waals surface area contributed by atoms with Gasteiger partial charge in [-0.15, -0.1) is 10.2 Å². The Morgan fingerprint density at radius 2 is 2.22 bits per heavy atom. The van der Waals surface area contributed by atoms with Crippen molar-refractivity contribution in [3.05, 3.63) is 35.1 Å². The van der Waals surface area contributed by atoms with Crippen LogP contribution in [0.4, 0.5) is 0 Å². The van der Waals surface area contributed by atoms with Gasteiger partial charge in [0.25, 0.3) is 0 Å². The van der Waals surface area contributed by atoms with Crippen molar-refractivity contribution in [2.75, 3.05) is 7.11 Å². The fraction of sp³-hybridized carbons (Fsp3) is 0.333. The van der Waals surface area contributed by atoms with Crippen LogP contribution in [0.1, 0.15) is 17.7 Å². The van der Waals surface area contributed by atoms with Crippen molar-refractivity contribution in [3.8, 4) is 5.75 Å². The fourth-order valence-electron chi connectivity index (χ4n) is 1.54. The molecule has 1 atom stereocenters. The van der Waals surface area contributed by atoms with Gasteiger partial charge in [-0.2, -0.15) is 0 Å². The molecule has 0 amide bonds. The molecule has 1 aromatic heterocycles. The van der Waals surface area contributed by atoms with E-state index in [0.717, 1.165) is 10.7 Å². The van der Waals surface area contributed by atoms with E-state index < -0.39 is 0 Å². The van der Waals surface area contributed by atoms with Gasteiger partial charge in [0.05, 0.1) is 12.1 Å². The SMILES string of the molecule is COc1ccc([C@@H](C)Sc2nncn2C)cc1Cl. The predicted molar refractivity (Wildman–Crippen MR) is 73.3 cm³/mol. The van der Waals surface area contributed by atoms with Crippen molar-refractivity contribution >= 4 is 23.4 Å². The minimum absolute atomic E-state index is 0.247. The van der Waals surface area contributed by atoms with Crippen LogP contribution in [-0.2, 0) is 7.05 Å². The maximum Gasteiger partial charge on any atom is 0.191 e. The van der Waals surface area contributed by atoms with E-state index in [9.17, 15) is 0 Å². The first-order valence-corrected chi connectivity index (χ1v) is 6.71. The number of rotatable bonds is 4. The summed E-state index contributed by atoms with van der Waals surface area (Å²) in [5.41, 5.74) is 1.13. The number of hydrogen-bond donors (Lipinski definition) is 0. The Bertz CT molecular complexity index is 544. The monoisotopic (exact) mass is 283 g/mol. The second-order valence-electron chi connectivity index (χ2n) is 3.88. The van der Waals surface area contributed by atoms with Crippen LogP contribution in [0.25, 0.3) is 0 Å². The minimum Gasteiger partial charge on any atom is -0.495 e. The van der Waals surface area contributed by atoms with Crippen LogP contribution in [0.5, 0.6) is 5.75 Å². The standard InChI is InChI=1S/C12H14ClN3OS/c1-8(18-12-15-14-7-16(12)2)9-4-5-11(17-3)10(13)6-9/h4-8H,1-3H3/t8-/m1/s1. The van der Waals surface area contributed by atoms with E-state index in [4.69, 9.17) is 16.3 Å². The summed E-state index contributed by atoms with van der Waals surface area (Å²) in [5.74, 6) is 0.691. The molecule has 0 N–H and O–H groups in total. The molecular formula is C12H14ClN3OS. The normalized spacial score (nSPS) is 12.4. The van der Waals surface area contributed by atoms with Gasteiger partial charge in [0, 0.05) is 12.3 Å². The second-order valence-corrected chi connectivity index (χ2v) is 5.59. The number of benzene rings is 1. The van der Waals surface area contributed by atoms with Gasteiger partial charge in [0.1, 0.15) is 12.1 Å². The number of aromatic nitrogens is 3. The number of ether oxygens (including phenoxy) is 1. The Hall–Kier alpha value is -1.20. The molecule has 0 aliphatic heterocycles. The summed E-state index contributed by atoms with van der Waals surface area (Å²) in [6, 6.07) is 5.82. The van der Waals surface area contributed by atoms with E-state index in [0.29, 0.717) is 10.8 Å². The summed E-state index contributed by atoms with van der Waals surface area (Å²) in [5, 5.41) is 9.67. The van der Waals surface area contributed by atoms with E-state index in [1.807, 2.05) is 29.8 Å². The van der Waals surface area contributed by atoms with Crippen molar-refractivity contribution in [1.29, 1.82) is 0 Å². The first-order valence-electron chi connectivity index (χ1n) is 5.46. The van der Waals surface area contributed by atoms with E-state index in [2.05, 4.69) is 17.1 Å². The largest absolute Gasteiger partial charge is 0.495 e. The number of halogens is 1. The van der Waals surface area contributed by atoms with Crippen LogP contribution in [0, 0.1) is 0 Å². The molecule has 2 aromatic rings. The number of hydrogen-bond acceptors (Lipinski definition) is 4.